The number of furan rings is 1. The van der Waals surface area contributed by atoms with Gasteiger partial charge in [-0.2, -0.15) is 0 Å². The standard InChI is InChI=1S/C33H38N4O3/c34-19-10-9-16-29-33(39)37(23-28(24-11-3-1-4-12-24)25-13-5-2-6-14-25)20-18-27(36-29)22-35-32(38)31-21-26-15-7-8-17-30(26)40-31/h1-8,11-15,17,21,27-29,36H,9-10,16,18-20,22-23,34H2,(H,35,38)/t27-,29-/m0/s1. The van der Waals surface area contributed by atoms with Gasteiger partial charge < -0.3 is 25.7 Å². The van der Waals surface area contributed by atoms with Gasteiger partial charge in [-0.25, -0.2) is 0 Å². The summed E-state index contributed by atoms with van der Waals surface area (Å²) in [6, 6.07) is 29.7. The number of hydrogen-bond acceptors (Lipinski definition) is 5. The summed E-state index contributed by atoms with van der Waals surface area (Å²) in [4.78, 5) is 28.8. The van der Waals surface area contributed by atoms with Crippen LogP contribution in [0.4, 0.5) is 0 Å². The number of fused-ring (bicyclic) bond motifs is 1. The number of carbonyl (C=O) groups excluding carboxylic acids is 2. The lowest BCUT2D eigenvalue weighted by Crippen LogP contribution is -2.49. The summed E-state index contributed by atoms with van der Waals surface area (Å²) < 4.78 is 5.74. The molecule has 2 amide bonds. The summed E-state index contributed by atoms with van der Waals surface area (Å²) in [5.41, 5.74) is 8.81. The molecule has 1 aliphatic heterocycles. The molecule has 4 N–H and O–H groups in total. The monoisotopic (exact) mass is 538 g/mol. The van der Waals surface area contributed by atoms with Crippen LogP contribution >= 0.6 is 0 Å². The molecule has 7 nitrogen and oxygen atoms in total. The molecule has 0 bridgehead atoms. The average Bonchev–Trinajstić information content (AvgIpc) is 3.38. The molecule has 0 saturated carbocycles. The zero-order valence-electron chi connectivity index (χ0n) is 22.8. The van der Waals surface area contributed by atoms with E-state index in [-0.39, 0.29) is 29.8 Å². The molecule has 0 radical (unpaired) electrons. The molecule has 1 fully saturated rings. The summed E-state index contributed by atoms with van der Waals surface area (Å²) >= 11 is 0. The van der Waals surface area contributed by atoms with E-state index in [4.69, 9.17) is 10.2 Å². The van der Waals surface area contributed by atoms with Crippen molar-refractivity contribution in [3.05, 3.63) is 108 Å². The van der Waals surface area contributed by atoms with Crippen molar-refractivity contribution in [1.29, 1.82) is 0 Å². The van der Waals surface area contributed by atoms with Gasteiger partial charge in [0.2, 0.25) is 5.91 Å². The van der Waals surface area contributed by atoms with Gasteiger partial charge in [0, 0.05) is 37.0 Å². The van der Waals surface area contributed by atoms with Gasteiger partial charge in [0.25, 0.3) is 5.91 Å². The van der Waals surface area contributed by atoms with Crippen molar-refractivity contribution in [2.24, 2.45) is 5.73 Å². The van der Waals surface area contributed by atoms with Crippen LogP contribution in [-0.4, -0.2) is 55.0 Å². The molecule has 2 atom stereocenters. The van der Waals surface area contributed by atoms with Crippen LogP contribution in [0.15, 0.2) is 95.4 Å². The summed E-state index contributed by atoms with van der Waals surface area (Å²) in [6.07, 6.45) is 3.18. The van der Waals surface area contributed by atoms with Crippen molar-refractivity contribution >= 4 is 22.8 Å². The third kappa shape index (κ3) is 6.79. The highest BCUT2D eigenvalue weighted by molar-refractivity contribution is 5.96. The second-order valence-electron chi connectivity index (χ2n) is 10.5. The first-order chi connectivity index (χ1) is 19.6. The molecular weight excluding hydrogens is 500 g/mol. The van der Waals surface area contributed by atoms with Crippen molar-refractivity contribution in [1.82, 2.24) is 15.5 Å². The Morgan fingerprint density at radius 2 is 1.65 bits per heavy atom. The number of amides is 2. The van der Waals surface area contributed by atoms with E-state index in [1.54, 1.807) is 6.07 Å². The predicted octanol–water partition coefficient (Wildman–Crippen LogP) is 4.68. The van der Waals surface area contributed by atoms with Crippen LogP contribution in [-0.2, 0) is 4.79 Å². The highest BCUT2D eigenvalue weighted by Gasteiger charge is 2.32. The molecule has 7 heteroatoms. The van der Waals surface area contributed by atoms with Gasteiger partial charge in [-0.3, -0.25) is 9.59 Å². The molecule has 2 heterocycles. The first-order valence-electron chi connectivity index (χ1n) is 14.2. The predicted molar refractivity (Wildman–Crippen MR) is 158 cm³/mol. The van der Waals surface area contributed by atoms with Gasteiger partial charge >= 0.3 is 0 Å². The van der Waals surface area contributed by atoms with Crippen LogP contribution in [0.3, 0.4) is 0 Å². The van der Waals surface area contributed by atoms with E-state index in [9.17, 15) is 9.59 Å². The number of nitrogens with two attached hydrogens (primary N) is 1. The summed E-state index contributed by atoms with van der Waals surface area (Å²) in [7, 11) is 0. The minimum Gasteiger partial charge on any atom is -0.451 e. The van der Waals surface area contributed by atoms with Gasteiger partial charge in [0.05, 0.1) is 6.04 Å². The van der Waals surface area contributed by atoms with E-state index in [2.05, 4.69) is 34.9 Å². The Bertz CT molecular complexity index is 1320. The molecule has 0 unspecified atom stereocenters. The maximum Gasteiger partial charge on any atom is 0.287 e. The molecule has 0 spiro atoms. The minimum absolute atomic E-state index is 0.0444. The highest BCUT2D eigenvalue weighted by atomic mass is 16.3. The fourth-order valence-corrected chi connectivity index (χ4v) is 5.51. The number of carbonyl (C=O) groups is 2. The molecule has 0 aliphatic carbocycles. The van der Waals surface area contributed by atoms with E-state index < -0.39 is 0 Å². The van der Waals surface area contributed by atoms with Gasteiger partial charge in [-0.05, 0) is 49.1 Å². The number of nitrogens with zero attached hydrogens (tertiary/aromatic N) is 1. The topological polar surface area (TPSA) is 101 Å². The van der Waals surface area contributed by atoms with Crippen molar-refractivity contribution in [2.45, 2.75) is 43.7 Å². The number of benzene rings is 3. The first-order valence-corrected chi connectivity index (χ1v) is 14.2. The lowest BCUT2D eigenvalue weighted by atomic mass is 9.90. The molecule has 208 valence electrons. The van der Waals surface area contributed by atoms with Crippen molar-refractivity contribution in [3.63, 3.8) is 0 Å². The largest absolute Gasteiger partial charge is 0.451 e. The van der Waals surface area contributed by atoms with Crippen LogP contribution in [0.25, 0.3) is 11.0 Å². The number of para-hydroxylation sites is 1. The Hall–Kier alpha value is -3.94. The molecule has 1 saturated heterocycles. The van der Waals surface area contributed by atoms with Crippen LogP contribution in [0.5, 0.6) is 0 Å². The zero-order chi connectivity index (χ0) is 27.7. The quantitative estimate of drug-likeness (QED) is 0.241. The third-order valence-electron chi connectivity index (χ3n) is 7.71. The number of unbranched alkanes of at least 4 members (excludes halogenated alkanes) is 1. The molecule has 1 aromatic heterocycles. The van der Waals surface area contributed by atoms with Crippen molar-refractivity contribution in [3.8, 4) is 0 Å². The van der Waals surface area contributed by atoms with Crippen molar-refractivity contribution < 1.29 is 14.0 Å². The van der Waals surface area contributed by atoms with Gasteiger partial charge in [-0.15, -0.1) is 0 Å². The normalized spacial score (nSPS) is 17.8. The highest BCUT2D eigenvalue weighted by Crippen LogP contribution is 2.27. The fraction of sp³-hybridized carbons (Fsp3) is 0.333. The number of hydrogen-bond donors (Lipinski definition) is 3. The van der Waals surface area contributed by atoms with Crippen LogP contribution < -0.4 is 16.4 Å². The second kappa shape index (κ2) is 13.4. The van der Waals surface area contributed by atoms with E-state index in [0.29, 0.717) is 43.9 Å². The zero-order valence-corrected chi connectivity index (χ0v) is 22.8. The van der Waals surface area contributed by atoms with Gasteiger partial charge in [-0.1, -0.05) is 85.3 Å². The number of nitrogens with one attached hydrogen (secondary N) is 2. The molecular formula is C33H38N4O3. The Morgan fingerprint density at radius 3 is 2.33 bits per heavy atom. The maximum atomic E-state index is 13.9. The first kappa shape index (κ1) is 27.6. The van der Waals surface area contributed by atoms with Crippen LogP contribution in [0.1, 0.15) is 53.3 Å². The van der Waals surface area contributed by atoms with E-state index in [1.807, 2.05) is 65.6 Å². The van der Waals surface area contributed by atoms with E-state index >= 15 is 0 Å². The Kier molecular flexibility index (Phi) is 9.26. The van der Waals surface area contributed by atoms with Crippen LogP contribution in [0, 0.1) is 0 Å². The summed E-state index contributed by atoms with van der Waals surface area (Å²) in [5.74, 6) is 0.222. The SMILES string of the molecule is NCCCC[C@@H]1N[C@H](CNC(=O)c2cc3ccccc3o2)CCN(CC(c2ccccc2)c2ccccc2)C1=O. The maximum absolute atomic E-state index is 13.9. The van der Waals surface area contributed by atoms with E-state index in [0.717, 1.165) is 24.6 Å². The molecule has 40 heavy (non-hydrogen) atoms. The Balaban J connectivity index is 1.30. The van der Waals surface area contributed by atoms with Crippen LogP contribution in [0.2, 0.25) is 0 Å². The summed E-state index contributed by atoms with van der Waals surface area (Å²) in [6.45, 7) is 2.22. The van der Waals surface area contributed by atoms with E-state index in [1.165, 1.54) is 11.1 Å². The fourth-order valence-electron chi connectivity index (χ4n) is 5.51. The minimum atomic E-state index is -0.325. The molecule has 3 aromatic carbocycles. The lowest BCUT2D eigenvalue weighted by Gasteiger charge is -2.29. The second-order valence-corrected chi connectivity index (χ2v) is 10.5. The molecule has 5 rings (SSSR count). The summed E-state index contributed by atoms with van der Waals surface area (Å²) in [5, 5.41) is 7.48. The average molecular weight is 539 g/mol. The molecule has 1 aliphatic rings. The lowest BCUT2D eigenvalue weighted by molar-refractivity contribution is -0.133. The van der Waals surface area contributed by atoms with Gasteiger partial charge in [0.15, 0.2) is 5.76 Å². The smallest absolute Gasteiger partial charge is 0.287 e. The Labute approximate surface area is 235 Å². The van der Waals surface area contributed by atoms with Gasteiger partial charge in [0.1, 0.15) is 5.58 Å². The Morgan fingerprint density at radius 1 is 0.975 bits per heavy atom. The molecule has 4 aromatic rings. The van der Waals surface area contributed by atoms with Crippen molar-refractivity contribution in [2.75, 3.05) is 26.2 Å². The number of rotatable bonds is 11. The third-order valence-corrected chi connectivity index (χ3v) is 7.71.